The van der Waals surface area contributed by atoms with Crippen molar-refractivity contribution in [1.82, 2.24) is 5.32 Å². The summed E-state index contributed by atoms with van der Waals surface area (Å²) in [7, 11) is 0. The number of amides is 1. The topological polar surface area (TPSA) is 49.3 Å². The third-order valence-electron chi connectivity index (χ3n) is 1.52. The number of aliphatic hydroxyl groups excluding tert-OH is 1. The lowest BCUT2D eigenvalue weighted by Gasteiger charge is -2.31. The molecule has 1 fully saturated rings. The van der Waals surface area contributed by atoms with Crippen molar-refractivity contribution in [3.8, 4) is 0 Å². The second kappa shape index (κ2) is 2.13. The van der Waals surface area contributed by atoms with Gasteiger partial charge in [0.25, 0.3) is 0 Å². The van der Waals surface area contributed by atoms with Gasteiger partial charge in [-0.25, -0.2) is 0 Å². The van der Waals surface area contributed by atoms with Crippen molar-refractivity contribution in [1.29, 1.82) is 0 Å². The van der Waals surface area contributed by atoms with Gasteiger partial charge in [0.2, 0.25) is 6.41 Å². The van der Waals surface area contributed by atoms with Crippen LogP contribution in [0.2, 0.25) is 0 Å². The molecule has 3 heteroatoms. The second-order valence-corrected chi connectivity index (χ2v) is 2.04. The molecule has 0 aromatic heterocycles. The molecule has 1 rings (SSSR count). The molecular formula is C5H9NO2. The highest BCUT2D eigenvalue weighted by atomic mass is 16.3. The molecule has 0 aromatic carbocycles. The van der Waals surface area contributed by atoms with Crippen molar-refractivity contribution >= 4 is 6.41 Å². The number of aliphatic hydroxyl groups is 1. The van der Waals surface area contributed by atoms with Crippen molar-refractivity contribution in [3.05, 3.63) is 0 Å². The Labute approximate surface area is 47.7 Å². The van der Waals surface area contributed by atoms with E-state index in [-0.39, 0.29) is 12.1 Å². The summed E-state index contributed by atoms with van der Waals surface area (Å²) in [6, 6.07) is 0.0347. The lowest BCUT2D eigenvalue weighted by molar-refractivity contribution is -0.112. The fourth-order valence-electron chi connectivity index (χ4n) is 0.764. The zero-order valence-corrected chi connectivity index (χ0v) is 4.50. The lowest BCUT2D eigenvalue weighted by Crippen LogP contribution is -2.47. The van der Waals surface area contributed by atoms with E-state index < -0.39 is 0 Å². The van der Waals surface area contributed by atoms with Gasteiger partial charge in [-0.15, -0.1) is 0 Å². The molecule has 0 bridgehead atoms. The first-order chi connectivity index (χ1) is 3.84. The molecule has 1 amide bonds. The predicted molar refractivity (Wildman–Crippen MR) is 28.2 cm³/mol. The van der Waals surface area contributed by atoms with Crippen molar-refractivity contribution in [3.63, 3.8) is 0 Å². The van der Waals surface area contributed by atoms with E-state index in [0.29, 0.717) is 6.41 Å². The van der Waals surface area contributed by atoms with Gasteiger partial charge in [0, 0.05) is 0 Å². The zero-order valence-electron chi connectivity index (χ0n) is 4.50. The van der Waals surface area contributed by atoms with Gasteiger partial charge in [0.1, 0.15) is 0 Å². The fraction of sp³-hybridized carbons (Fsp3) is 0.800. The van der Waals surface area contributed by atoms with Gasteiger partial charge in [-0.2, -0.15) is 0 Å². The van der Waals surface area contributed by atoms with E-state index in [1.807, 2.05) is 0 Å². The molecule has 0 heterocycles. The Morgan fingerprint density at radius 1 is 1.62 bits per heavy atom. The Kier molecular flexibility index (Phi) is 1.48. The normalized spacial score (nSPS) is 35.6. The van der Waals surface area contributed by atoms with Gasteiger partial charge in [-0.1, -0.05) is 0 Å². The van der Waals surface area contributed by atoms with Crippen LogP contribution in [0.25, 0.3) is 0 Å². The van der Waals surface area contributed by atoms with Crippen molar-refractivity contribution < 1.29 is 9.90 Å². The van der Waals surface area contributed by atoms with Gasteiger partial charge in [0.05, 0.1) is 12.1 Å². The van der Waals surface area contributed by atoms with Crippen molar-refractivity contribution in [2.24, 2.45) is 0 Å². The largest absolute Gasteiger partial charge is 0.391 e. The summed E-state index contributed by atoms with van der Waals surface area (Å²) in [5, 5.41) is 11.3. The van der Waals surface area contributed by atoms with E-state index in [2.05, 4.69) is 5.32 Å². The number of hydrogen-bond donors (Lipinski definition) is 2. The van der Waals surface area contributed by atoms with E-state index in [9.17, 15) is 4.79 Å². The van der Waals surface area contributed by atoms with Crippen LogP contribution in [0.4, 0.5) is 0 Å². The Hall–Kier alpha value is -0.570. The molecule has 2 atom stereocenters. The molecule has 0 saturated heterocycles. The number of rotatable bonds is 2. The summed E-state index contributed by atoms with van der Waals surface area (Å²) in [5.41, 5.74) is 0. The number of hydrogen-bond acceptors (Lipinski definition) is 2. The first-order valence-electron chi connectivity index (χ1n) is 2.72. The quantitative estimate of drug-likeness (QED) is 0.465. The average Bonchev–Trinajstić information content (AvgIpc) is 1.79. The molecule has 3 nitrogen and oxygen atoms in total. The summed E-state index contributed by atoms with van der Waals surface area (Å²) >= 11 is 0. The monoisotopic (exact) mass is 115 g/mol. The predicted octanol–water partition coefficient (Wildman–Crippen LogP) is -0.744. The molecule has 8 heavy (non-hydrogen) atoms. The number of nitrogens with one attached hydrogen (secondary N) is 1. The molecular weight excluding hydrogens is 106 g/mol. The lowest BCUT2D eigenvalue weighted by atomic mass is 9.90. The van der Waals surface area contributed by atoms with E-state index in [1.165, 1.54) is 0 Å². The van der Waals surface area contributed by atoms with E-state index >= 15 is 0 Å². The minimum absolute atomic E-state index is 0.0347. The van der Waals surface area contributed by atoms with E-state index in [1.54, 1.807) is 0 Å². The van der Waals surface area contributed by atoms with Crippen LogP contribution in [0.15, 0.2) is 0 Å². The van der Waals surface area contributed by atoms with Gasteiger partial charge in [-0.3, -0.25) is 4.79 Å². The van der Waals surface area contributed by atoms with Crippen LogP contribution in [-0.2, 0) is 4.79 Å². The van der Waals surface area contributed by atoms with Gasteiger partial charge < -0.3 is 10.4 Å². The highest BCUT2D eigenvalue weighted by molar-refractivity contribution is 5.47. The highest BCUT2D eigenvalue weighted by Gasteiger charge is 2.27. The molecule has 46 valence electrons. The molecule has 1 aliphatic rings. The third-order valence-corrected chi connectivity index (χ3v) is 1.52. The summed E-state index contributed by atoms with van der Waals surface area (Å²) in [6.45, 7) is 0. The van der Waals surface area contributed by atoms with Crippen LogP contribution in [0, 0.1) is 0 Å². The molecule has 0 radical (unpaired) electrons. The third kappa shape index (κ3) is 0.816. The maximum absolute atomic E-state index is 9.73. The molecule has 0 spiro atoms. The van der Waals surface area contributed by atoms with Crippen LogP contribution in [0.3, 0.4) is 0 Å². The molecule has 1 aliphatic carbocycles. The molecule has 0 aliphatic heterocycles. The Morgan fingerprint density at radius 2 is 2.38 bits per heavy atom. The van der Waals surface area contributed by atoms with Gasteiger partial charge >= 0.3 is 0 Å². The zero-order chi connectivity index (χ0) is 5.98. The number of carbonyl (C=O) groups is 1. The van der Waals surface area contributed by atoms with Crippen LogP contribution in [0.1, 0.15) is 12.8 Å². The van der Waals surface area contributed by atoms with Gasteiger partial charge in [-0.05, 0) is 12.8 Å². The van der Waals surface area contributed by atoms with Crippen LogP contribution in [-0.4, -0.2) is 23.7 Å². The molecule has 2 unspecified atom stereocenters. The van der Waals surface area contributed by atoms with Gasteiger partial charge in [0.15, 0.2) is 0 Å². The van der Waals surface area contributed by atoms with Crippen LogP contribution < -0.4 is 5.32 Å². The minimum Gasteiger partial charge on any atom is -0.391 e. The molecule has 2 N–H and O–H groups in total. The van der Waals surface area contributed by atoms with E-state index in [0.717, 1.165) is 12.8 Å². The number of carbonyl (C=O) groups excluding carboxylic acids is 1. The second-order valence-electron chi connectivity index (χ2n) is 2.04. The van der Waals surface area contributed by atoms with Crippen molar-refractivity contribution in [2.75, 3.05) is 0 Å². The smallest absolute Gasteiger partial charge is 0.207 e. The fourth-order valence-corrected chi connectivity index (χ4v) is 0.764. The standard InChI is InChI=1S/C5H9NO2/c7-3-6-4-1-2-5(4)8/h3-5,8H,1-2H2,(H,6,7). The molecule has 1 saturated carbocycles. The first-order valence-corrected chi connectivity index (χ1v) is 2.72. The average molecular weight is 115 g/mol. The summed E-state index contributed by atoms with van der Waals surface area (Å²) < 4.78 is 0. The van der Waals surface area contributed by atoms with E-state index in [4.69, 9.17) is 5.11 Å². The summed E-state index contributed by atoms with van der Waals surface area (Å²) in [5.74, 6) is 0. The van der Waals surface area contributed by atoms with Crippen LogP contribution in [0.5, 0.6) is 0 Å². The minimum atomic E-state index is -0.291. The Bertz CT molecular complexity index is 94.4. The maximum atomic E-state index is 9.73. The Morgan fingerprint density at radius 3 is 2.50 bits per heavy atom. The summed E-state index contributed by atoms with van der Waals surface area (Å²) in [6.07, 6.45) is 2.08. The Balaban J connectivity index is 2.16. The maximum Gasteiger partial charge on any atom is 0.207 e. The van der Waals surface area contributed by atoms with Crippen molar-refractivity contribution in [2.45, 2.75) is 25.0 Å². The highest BCUT2D eigenvalue weighted by Crippen LogP contribution is 2.18. The SMILES string of the molecule is O=CNC1CCC1O. The molecule has 0 aromatic rings. The summed E-state index contributed by atoms with van der Waals surface area (Å²) in [4.78, 5) is 9.73. The van der Waals surface area contributed by atoms with Crippen LogP contribution >= 0.6 is 0 Å². The first kappa shape index (κ1) is 5.56.